The van der Waals surface area contributed by atoms with Gasteiger partial charge in [-0.15, -0.1) is 0 Å². The van der Waals surface area contributed by atoms with Gasteiger partial charge in [0.15, 0.2) is 22.4 Å². The van der Waals surface area contributed by atoms with Crippen molar-refractivity contribution in [3.63, 3.8) is 0 Å². The lowest BCUT2D eigenvalue weighted by atomic mass is 9.87. The SMILES string of the molecule is CN(C)/C=C1\CCC(CO[Si](C)(C)C(C)(C)C)(CO[Si](C)(C)C(C)(C)C)C1=O. The first-order valence-corrected chi connectivity index (χ1v) is 16.4. The third-order valence-corrected chi connectivity index (χ3v) is 16.0. The molecule has 1 aliphatic carbocycles. The Hall–Kier alpha value is -0.436. The van der Waals surface area contributed by atoms with Gasteiger partial charge in [0.1, 0.15) is 0 Å². The number of rotatable bonds is 7. The molecule has 164 valence electrons. The molecule has 28 heavy (non-hydrogen) atoms. The molecule has 0 aliphatic heterocycles. The summed E-state index contributed by atoms with van der Waals surface area (Å²) in [4.78, 5) is 15.4. The molecule has 0 aromatic carbocycles. The molecule has 0 saturated heterocycles. The Balaban J connectivity index is 3.14. The number of allylic oxidation sites excluding steroid dienone is 1. The fourth-order valence-electron chi connectivity index (χ4n) is 2.76. The molecule has 0 aromatic rings. The minimum absolute atomic E-state index is 0.123. The molecule has 0 unspecified atom stereocenters. The first-order valence-electron chi connectivity index (χ1n) is 10.5. The Labute approximate surface area is 176 Å². The number of Topliss-reactive ketones (excluding diaryl/α,β-unsaturated/α-hetero) is 1. The van der Waals surface area contributed by atoms with Crippen molar-refractivity contribution in [2.24, 2.45) is 5.41 Å². The van der Waals surface area contributed by atoms with E-state index in [1.54, 1.807) is 0 Å². The van der Waals surface area contributed by atoms with Crippen molar-refractivity contribution >= 4 is 22.4 Å². The second-order valence-corrected chi connectivity index (χ2v) is 21.4. The molecular weight excluding hydrogens is 382 g/mol. The van der Waals surface area contributed by atoms with E-state index in [2.05, 4.69) is 67.7 Å². The van der Waals surface area contributed by atoms with E-state index in [1.165, 1.54) is 0 Å². The van der Waals surface area contributed by atoms with E-state index >= 15 is 0 Å². The molecule has 1 aliphatic rings. The zero-order valence-electron chi connectivity index (χ0n) is 20.6. The predicted octanol–water partition coefficient (Wildman–Crippen LogP) is 5.82. The minimum atomic E-state index is -1.94. The number of hydrogen-bond donors (Lipinski definition) is 0. The third kappa shape index (κ3) is 5.80. The molecular formula is C22H45NO3Si2. The van der Waals surface area contributed by atoms with Gasteiger partial charge >= 0.3 is 0 Å². The standard InChI is InChI=1S/C22H45NO3Si2/c1-20(2,3)27(9,10)25-16-22(17-26-28(11,12)21(4,5)6)14-13-18(19(22)24)15-23(7)8/h15H,13-14,16-17H2,1-12H3/b18-15+. The summed E-state index contributed by atoms with van der Waals surface area (Å²) in [5.74, 6) is 0.221. The molecule has 4 nitrogen and oxygen atoms in total. The first-order chi connectivity index (χ1) is 12.3. The highest BCUT2D eigenvalue weighted by atomic mass is 28.4. The summed E-state index contributed by atoms with van der Waals surface area (Å²) in [6.07, 6.45) is 3.59. The number of carbonyl (C=O) groups excluding carboxylic acids is 1. The molecule has 0 amide bonds. The monoisotopic (exact) mass is 427 g/mol. The minimum Gasteiger partial charge on any atom is -0.416 e. The van der Waals surface area contributed by atoms with Crippen LogP contribution in [0.3, 0.4) is 0 Å². The largest absolute Gasteiger partial charge is 0.416 e. The lowest BCUT2D eigenvalue weighted by Gasteiger charge is -2.42. The van der Waals surface area contributed by atoms with Gasteiger partial charge in [0.25, 0.3) is 0 Å². The van der Waals surface area contributed by atoms with Gasteiger partial charge in [0.05, 0.1) is 5.41 Å². The van der Waals surface area contributed by atoms with E-state index in [4.69, 9.17) is 8.85 Å². The fourth-order valence-corrected chi connectivity index (χ4v) is 4.90. The van der Waals surface area contributed by atoms with Gasteiger partial charge in [0, 0.05) is 39.1 Å². The lowest BCUT2D eigenvalue weighted by Crippen LogP contribution is -2.49. The Morgan fingerprint density at radius 3 is 1.64 bits per heavy atom. The van der Waals surface area contributed by atoms with Crippen LogP contribution in [0.15, 0.2) is 11.8 Å². The van der Waals surface area contributed by atoms with Crippen molar-refractivity contribution < 1.29 is 13.6 Å². The van der Waals surface area contributed by atoms with Crippen molar-refractivity contribution in [3.05, 3.63) is 11.8 Å². The summed E-state index contributed by atoms with van der Waals surface area (Å²) in [6, 6.07) is 0. The molecule has 0 aromatic heterocycles. The summed E-state index contributed by atoms with van der Waals surface area (Å²) in [5.41, 5.74) is 0.357. The van der Waals surface area contributed by atoms with Crippen LogP contribution in [-0.2, 0) is 13.6 Å². The van der Waals surface area contributed by atoms with Gasteiger partial charge in [-0.3, -0.25) is 4.79 Å². The van der Waals surface area contributed by atoms with Crippen LogP contribution < -0.4 is 0 Å². The van der Waals surface area contributed by atoms with Crippen LogP contribution >= 0.6 is 0 Å². The van der Waals surface area contributed by atoms with Gasteiger partial charge < -0.3 is 13.8 Å². The van der Waals surface area contributed by atoms with Crippen molar-refractivity contribution in [1.82, 2.24) is 4.90 Å². The Kier molecular flexibility index (Phi) is 7.65. The predicted molar refractivity (Wildman–Crippen MR) is 125 cm³/mol. The van der Waals surface area contributed by atoms with Crippen molar-refractivity contribution in [3.8, 4) is 0 Å². The Bertz CT molecular complexity index is 566. The maximum atomic E-state index is 13.5. The van der Waals surface area contributed by atoms with Gasteiger partial charge in [-0.25, -0.2) is 0 Å². The molecule has 1 rings (SSSR count). The highest BCUT2D eigenvalue weighted by molar-refractivity contribution is 6.74. The normalized spacial score (nSPS) is 20.1. The Morgan fingerprint density at radius 2 is 1.32 bits per heavy atom. The number of hydrogen-bond acceptors (Lipinski definition) is 4. The molecule has 0 bridgehead atoms. The van der Waals surface area contributed by atoms with Gasteiger partial charge in [-0.1, -0.05) is 41.5 Å². The number of carbonyl (C=O) groups is 1. The van der Waals surface area contributed by atoms with Gasteiger partial charge in [-0.2, -0.15) is 0 Å². The molecule has 1 saturated carbocycles. The third-order valence-electron chi connectivity index (χ3n) is 7.09. The van der Waals surface area contributed by atoms with E-state index in [1.807, 2.05) is 25.2 Å². The summed E-state index contributed by atoms with van der Waals surface area (Å²) in [5, 5.41) is 0.247. The van der Waals surface area contributed by atoms with Crippen LogP contribution in [0.2, 0.25) is 36.3 Å². The maximum absolute atomic E-state index is 13.5. The van der Waals surface area contributed by atoms with Crippen LogP contribution in [0.4, 0.5) is 0 Å². The van der Waals surface area contributed by atoms with Crippen molar-refractivity contribution in [1.29, 1.82) is 0 Å². The van der Waals surface area contributed by atoms with Gasteiger partial charge in [-0.05, 0) is 49.1 Å². The summed E-state index contributed by atoms with van der Waals surface area (Å²) in [7, 11) is 0.0597. The fraction of sp³-hybridized carbons (Fsp3) is 0.864. The lowest BCUT2D eigenvalue weighted by molar-refractivity contribution is -0.126. The molecule has 0 spiro atoms. The molecule has 0 radical (unpaired) electrons. The summed E-state index contributed by atoms with van der Waals surface area (Å²) in [6.45, 7) is 23.4. The van der Waals surface area contributed by atoms with Crippen molar-refractivity contribution in [2.45, 2.75) is 90.6 Å². The zero-order valence-corrected chi connectivity index (χ0v) is 22.6. The quantitative estimate of drug-likeness (QED) is 0.379. The van der Waals surface area contributed by atoms with E-state index in [0.29, 0.717) is 13.2 Å². The van der Waals surface area contributed by atoms with Crippen LogP contribution in [-0.4, -0.2) is 54.6 Å². The van der Waals surface area contributed by atoms with Crippen LogP contribution in [0.25, 0.3) is 0 Å². The average molecular weight is 428 g/mol. The molecule has 0 heterocycles. The van der Waals surface area contributed by atoms with E-state index in [0.717, 1.165) is 18.4 Å². The topological polar surface area (TPSA) is 38.8 Å². The molecule has 0 atom stereocenters. The van der Waals surface area contributed by atoms with E-state index in [9.17, 15) is 4.79 Å². The molecule has 1 fully saturated rings. The van der Waals surface area contributed by atoms with E-state index < -0.39 is 22.0 Å². The highest BCUT2D eigenvalue weighted by Gasteiger charge is 2.50. The van der Waals surface area contributed by atoms with E-state index in [-0.39, 0.29) is 15.9 Å². The zero-order chi connectivity index (χ0) is 22.2. The van der Waals surface area contributed by atoms with Crippen molar-refractivity contribution in [2.75, 3.05) is 27.3 Å². The summed E-state index contributed by atoms with van der Waals surface area (Å²) < 4.78 is 13.1. The second kappa shape index (κ2) is 8.36. The van der Waals surface area contributed by atoms with Crippen LogP contribution in [0, 0.1) is 5.41 Å². The van der Waals surface area contributed by atoms with Crippen LogP contribution in [0.5, 0.6) is 0 Å². The second-order valence-electron chi connectivity index (χ2n) is 11.8. The average Bonchev–Trinajstić information content (AvgIpc) is 2.78. The maximum Gasteiger partial charge on any atom is 0.192 e. The highest BCUT2D eigenvalue weighted by Crippen LogP contribution is 2.45. The van der Waals surface area contributed by atoms with Gasteiger partial charge in [0.2, 0.25) is 0 Å². The summed E-state index contributed by atoms with van der Waals surface area (Å²) >= 11 is 0. The number of ketones is 1. The smallest absolute Gasteiger partial charge is 0.192 e. The molecule has 0 N–H and O–H groups in total. The first kappa shape index (κ1) is 25.6. The Morgan fingerprint density at radius 1 is 0.929 bits per heavy atom. The number of nitrogens with zero attached hydrogens (tertiary/aromatic N) is 1. The van der Waals surface area contributed by atoms with Crippen LogP contribution in [0.1, 0.15) is 54.4 Å². The molecule has 6 heteroatoms.